The van der Waals surface area contributed by atoms with Gasteiger partial charge in [-0.25, -0.2) is 4.98 Å². The third kappa shape index (κ3) is 3.79. The van der Waals surface area contributed by atoms with E-state index in [1.807, 2.05) is 0 Å². The Bertz CT molecular complexity index is 755. The Kier molecular flexibility index (Phi) is 4.54. The van der Waals surface area contributed by atoms with Crippen LogP contribution in [0.15, 0.2) is 52.5 Å². The normalized spacial score (nSPS) is 10.0. The molecule has 108 valence electrons. The van der Waals surface area contributed by atoms with Crippen molar-refractivity contribution in [2.45, 2.75) is 0 Å². The minimum atomic E-state index is -0.302. The summed E-state index contributed by atoms with van der Waals surface area (Å²) in [5, 5.41) is 5.58. The molecule has 2 rings (SSSR count). The molecule has 0 bridgehead atoms. The maximum Gasteiger partial charge on any atom is 0.293 e. The number of anilines is 3. The standard InChI is InChI=1S/C14H13BrN4O2/c1-3-12(20)16-9-5-4-6-10(7-9)17-13-14(21)19(2)8-11(15)18-13/h3-8H,1H2,2H3,(H,16,20)(H,17,18). The maximum absolute atomic E-state index is 12.0. The van der Waals surface area contributed by atoms with Crippen molar-refractivity contribution in [1.82, 2.24) is 9.55 Å². The van der Waals surface area contributed by atoms with Crippen LogP contribution >= 0.6 is 15.9 Å². The van der Waals surface area contributed by atoms with Crippen LogP contribution in [-0.4, -0.2) is 15.5 Å². The van der Waals surface area contributed by atoms with E-state index in [0.29, 0.717) is 16.0 Å². The molecule has 0 saturated heterocycles. The van der Waals surface area contributed by atoms with Gasteiger partial charge in [-0.2, -0.15) is 0 Å². The van der Waals surface area contributed by atoms with Crippen LogP contribution in [0.2, 0.25) is 0 Å². The summed E-state index contributed by atoms with van der Waals surface area (Å²) >= 11 is 3.24. The molecule has 1 amide bonds. The van der Waals surface area contributed by atoms with E-state index in [2.05, 4.69) is 38.1 Å². The van der Waals surface area contributed by atoms with Crippen molar-refractivity contribution in [3.05, 3.63) is 58.1 Å². The molecule has 1 aromatic heterocycles. The van der Waals surface area contributed by atoms with Crippen LogP contribution in [0, 0.1) is 0 Å². The number of nitrogens with one attached hydrogen (secondary N) is 2. The molecule has 2 aromatic rings. The number of benzene rings is 1. The lowest BCUT2D eigenvalue weighted by Gasteiger charge is -2.09. The Balaban J connectivity index is 2.28. The van der Waals surface area contributed by atoms with Gasteiger partial charge < -0.3 is 15.2 Å². The van der Waals surface area contributed by atoms with E-state index in [0.717, 1.165) is 0 Å². The summed E-state index contributed by atoms with van der Waals surface area (Å²) < 4.78 is 1.96. The predicted molar refractivity (Wildman–Crippen MR) is 85.7 cm³/mol. The Hall–Kier alpha value is -2.41. The molecule has 0 radical (unpaired) electrons. The van der Waals surface area contributed by atoms with Gasteiger partial charge in [-0.3, -0.25) is 9.59 Å². The van der Waals surface area contributed by atoms with Gasteiger partial charge in [0.2, 0.25) is 5.91 Å². The van der Waals surface area contributed by atoms with E-state index in [9.17, 15) is 9.59 Å². The molecule has 0 saturated carbocycles. The van der Waals surface area contributed by atoms with Gasteiger partial charge in [-0.1, -0.05) is 12.6 Å². The number of rotatable bonds is 4. The average molecular weight is 349 g/mol. The minimum Gasteiger partial charge on any atom is -0.336 e. The van der Waals surface area contributed by atoms with Gasteiger partial charge >= 0.3 is 0 Å². The van der Waals surface area contributed by atoms with Gasteiger partial charge in [0.1, 0.15) is 4.60 Å². The van der Waals surface area contributed by atoms with Gasteiger partial charge in [0.15, 0.2) is 5.82 Å². The third-order valence-corrected chi connectivity index (χ3v) is 3.00. The van der Waals surface area contributed by atoms with E-state index >= 15 is 0 Å². The molecule has 2 N–H and O–H groups in total. The molecule has 21 heavy (non-hydrogen) atoms. The summed E-state index contributed by atoms with van der Waals surface area (Å²) in [5.74, 6) is -0.109. The molecular formula is C14H13BrN4O2. The second kappa shape index (κ2) is 6.36. The van der Waals surface area contributed by atoms with Crippen LogP contribution in [0.25, 0.3) is 0 Å². The van der Waals surface area contributed by atoms with E-state index in [4.69, 9.17) is 0 Å². The number of hydrogen-bond acceptors (Lipinski definition) is 4. The van der Waals surface area contributed by atoms with Crippen molar-refractivity contribution >= 4 is 39.0 Å². The third-order valence-electron chi connectivity index (χ3n) is 2.62. The molecular weight excluding hydrogens is 336 g/mol. The van der Waals surface area contributed by atoms with Crippen LogP contribution in [-0.2, 0) is 11.8 Å². The van der Waals surface area contributed by atoms with Crippen LogP contribution < -0.4 is 16.2 Å². The quantitative estimate of drug-likeness (QED) is 0.832. The van der Waals surface area contributed by atoms with Crippen molar-refractivity contribution in [1.29, 1.82) is 0 Å². The number of halogens is 1. The van der Waals surface area contributed by atoms with E-state index in [1.165, 1.54) is 10.6 Å². The fourth-order valence-electron chi connectivity index (χ4n) is 1.66. The van der Waals surface area contributed by atoms with Crippen molar-refractivity contribution in [2.75, 3.05) is 10.6 Å². The molecule has 6 nitrogen and oxygen atoms in total. The highest BCUT2D eigenvalue weighted by molar-refractivity contribution is 9.10. The van der Waals surface area contributed by atoms with E-state index in [1.54, 1.807) is 37.5 Å². The molecule has 0 aliphatic heterocycles. The molecule has 0 aliphatic rings. The van der Waals surface area contributed by atoms with Crippen molar-refractivity contribution in [2.24, 2.45) is 7.05 Å². The molecule has 1 aromatic carbocycles. The van der Waals surface area contributed by atoms with Gasteiger partial charge in [0, 0.05) is 24.6 Å². The van der Waals surface area contributed by atoms with Gasteiger partial charge in [0.05, 0.1) is 0 Å². The predicted octanol–water partition coefficient (Wildman–Crippen LogP) is 2.41. The van der Waals surface area contributed by atoms with Gasteiger partial charge in [0.25, 0.3) is 5.56 Å². The van der Waals surface area contributed by atoms with Crippen molar-refractivity contribution < 1.29 is 4.79 Å². The zero-order valence-corrected chi connectivity index (χ0v) is 12.8. The van der Waals surface area contributed by atoms with Crippen LogP contribution in [0.3, 0.4) is 0 Å². The first-order valence-corrected chi connectivity index (χ1v) is 6.82. The van der Waals surface area contributed by atoms with Gasteiger partial charge in [-0.15, -0.1) is 0 Å². The Morgan fingerprint density at radius 3 is 2.86 bits per heavy atom. The lowest BCUT2D eigenvalue weighted by Crippen LogP contribution is -2.21. The summed E-state index contributed by atoms with van der Waals surface area (Å²) in [6, 6.07) is 6.96. The second-order valence-electron chi connectivity index (χ2n) is 4.23. The largest absolute Gasteiger partial charge is 0.336 e. The molecule has 0 spiro atoms. The average Bonchev–Trinajstić information content (AvgIpc) is 2.44. The molecule has 0 aliphatic carbocycles. The molecule has 1 heterocycles. The number of aromatic nitrogens is 2. The highest BCUT2D eigenvalue weighted by Gasteiger charge is 2.06. The van der Waals surface area contributed by atoms with Crippen LogP contribution in [0.4, 0.5) is 17.2 Å². The van der Waals surface area contributed by atoms with E-state index < -0.39 is 0 Å². The minimum absolute atomic E-state index is 0.194. The summed E-state index contributed by atoms with van der Waals surface area (Å²) in [4.78, 5) is 27.3. The van der Waals surface area contributed by atoms with E-state index in [-0.39, 0.29) is 17.3 Å². The number of amides is 1. The number of hydrogen-bond donors (Lipinski definition) is 2. The van der Waals surface area contributed by atoms with Gasteiger partial charge in [-0.05, 0) is 40.2 Å². The molecule has 0 unspecified atom stereocenters. The fourth-order valence-corrected chi connectivity index (χ4v) is 2.14. The highest BCUT2D eigenvalue weighted by Crippen LogP contribution is 2.18. The number of aryl methyl sites for hydroxylation is 1. The Morgan fingerprint density at radius 2 is 2.14 bits per heavy atom. The number of nitrogens with zero attached hydrogens (tertiary/aromatic N) is 2. The lowest BCUT2D eigenvalue weighted by atomic mass is 10.2. The smallest absolute Gasteiger partial charge is 0.293 e. The van der Waals surface area contributed by atoms with Crippen molar-refractivity contribution in [3.63, 3.8) is 0 Å². The van der Waals surface area contributed by atoms with Crippen LogP contribution in [0.1, 0.15) is 0 Å². The second-order valence-corrected chi connectivity index (χ2v) is 5.04. The molecule has 7 heteroatoms. The molecule has 0 fully saturated rings. The maximum atomic E-state index is 12.0. The summed E-state index contributed by atoms with van der Waals surface area (Å²) in [6.45, 7) is 3.39. The zero-order valence-electron chi connectivity index (χ0n) is 11.3. The number of carbonyl (C=O) groups excluding carboxylic acids is 1. The number of carbonyl (C=O) groups is 1. The topological polar surface area (TPSA) is 76.0 Å². The first-order chi connectivity index (χ1) is 9.99. The molecule has 0 atom stereocenters. The summed E-state index contributed by atoms with van der Waals surface area (Å²) in [5.41, 5.74) is 0.981. The SMILES string of the molecule is C=CC(=O)Nc1cccc(Nc2nc(Br)cn(C)c2=O)c1. The lowest BCUT2D eigenvalue weighted by molar-refractivity contribution is -0.111. The first kappa shape index (κ1) is 15.0. The summed E-state index contributed by atoms with van der Waals surface area (Å²) in [7, 11) is 1.64. The first-order valence-electron chi connectivity index (χ1n) is 6.03. The summed E-state index contributed by atoms with van der Waals surface area (Å²) in [6.07, 6.45) is 2.76. The van der Waals surface area contributed by atoms with Crippen LogP contribution in [0.5, 0.6) is 0 Å². The monoisotopic (exact) mass is 348 g/mol. The van der Waals surface area contributed by atoms with Crippen molar-refractivity contribution in [3.8, 4) is 0 Å². The highest BCUT2D eigenvalue weighted by atomic mass is 79.9. The zero-order chi connectivity index (χ0) is 15.4. The Labute approximate surface area is 129 Å². The Morgan fingerprint density at radius 1 is 1.43 bits per heavy atom. The fraction of sp³-hybridized carbons (Fsp3) is 0.0714.